The molecular weight excluding hydrogens is 443 g/mol. The van der Waals surface area contributed by atoms with E-state index < -0.39 is 0 Å². The van der Waals surface area contributed by atoms with Gasteiger partial charge in [0.15, 0.2) is 5.96 Å². The molecule has 0 amide bonds. The van der Waals surface area contributed by atoms with Crippen molar-refractivity contribution in [2.75, 3.05) is 53.4 Å². The third kappa shape index (κ3) is 7.21. The maximum absolute atomic E-state index is 11.7. The minimum Gasteiger partial charge on any atom is -0.469 e. The van der Waals surface area contributed by atoms with Gasteiger partial charge in [0, 0.05) is 39.8 Å². The summed E-state index contributed by atoms with van der Waals surface area (Å²) < 4.78 is 4.87. The highest BCUT2D eigenvalue weighted by Crippen LogP contribution is 2.19. The van der Waals surface area contributed by atoms with Crippen LogP contribution in [0.5, 0.6) is 0 Å². The number of rotatable bonds is 5. The molecule has 26 heavy (non-hydrogen) atoms. The number of aliphatic imine (C=N–C) groups is 1. The molecule has 1 atom stereocenters. The molecule has 7 heteroatoms. The van der Waals surface area contributed by atoms with Crippen LogP contribution in [0.15, 0.2) is 4.99 Å². The van der Waals surface area contributed by atoms with Crippen molar-refractivity contribution in [1.29, 1.82) is 0 Å². The van der Waals surface area contributed by atoms with E-state index in [9.17, 15) is 4.79 Å². The fourth-order valence-corrected chi connectivity index (χ4v) is 4.06. The molecule has 0 aromatic heterocycles. The monoisotopic (exact) mass is 480 g/mol. The molecule has 2 saturated heterocycles. The summed E-state index contributed by atoms with van der Waals surface area (Å²) in [6.45, 7) is 10.9. The van der Waals surface area contributed by atoms with Crippen LogP contribution in [-0.4, -0.2) is 75.2 Å². The average molecular weight is 480 g/mol. The number of carbonyl (C=O) groups excluding carboxylic acids is 1. The predicted molar refractivity (Wildman–Crippen MR) is 117 cm³/mol. The van der Waals surface area contributed by atoms with Crippen LogP contribution in [0.1, 0.15) is 39.5 Å². The van der Waals surface area contributed by atoms with E-state index in [1.54, 1.807) is 0 Å². The summed E-state index contributed by atoms with van der Waals surface area (Å²) in [5, 5.41) is 3.57. The second-order valence-corrected chi connectivity index (χ2v) is 7.87. The second kappa shape index (κ2) is 12.0. The minimum atomic E-state index is -0.0740. The van der Waals surface area contributed by atoms with Crippen molar-refractivity contribution in [3.05, 3.63) is 0 Å². The highest BCUT2D eigenvalue weighted by Gasteiger charge is 2.27. The number of halogens is 1. The number of guanidine groups is 1. The zero-order chi connectivity index (χ0) is 18.2. The van der Waals surface area contributed by atoms with Gasteiger partial charge >= 0.3 is 5.97 Å². The highest BCUT2D eigenvalue weighted by atomic mass is 127. The SMILES string of the molecule is CN=C(NCC1CCCN(CC(C)C)C1)N1CCC(C(=O)OC)CC1.I. The molecule has 1 unspecified atom stereocenters. The Morgan fingerprint density at radius 1 is 1.23 bits per heavy atom. The molecule has 2 fully saturated rings. The first kappa shape index (κ1) is 23.5. The van der Waals surface area contributed by atoms with E-state index in [2.05, 4.69) is 34.0 Å². The van der Waals surface area contributed by atoms with E-state index in [1.165, 1.54) is 39.6 Å². The lowest BCUT2D eigenvalue weighted by Crippen LogP contribution is -2.49. The van der Waals surface area contributed by atoms with Crippen molar-refractivity contribution in [1.82, 2.24) is 15.1 Å². The molecule has 2 rings (SSSR count). The number of carbonyl (C=O) groups is 1. The summed E-state index contributed by atoms with van der Waals surface area (Å²) in [4.78, 5) is 21.0. The van der Waals surface area contributed by atoms with Gasteiger partial charge in [-0.05, 0) is 44.1 Å². The Morgan fingerprint density at radius 3 is 2.50 bits per heavy atom. The Kier molecular flexibility index (Phi) is 10.8. The normalized spacial score (nSPS) is 22.9. The summed E-state index contributed by atoms with van der Waals surface area (Å²) in [6.07, 6.45) is 4.28. The summed E-state index contributed by atoms with van der Waals surface area (Å²) in [6, 6.07) is 0. The van der Waals surface area contributed by atoms with Crippen LogP contribution >= 0.6 is 24.0 Å². The Bertz CT molecular complexity index is 451. The first-order chi connectivity index (χ1) is 12.0. The number of ether oxygens (including phenoxy) is 1. The van der Waals surface area contributed by atoms with Gasteiger partial charge in [-0.15, -0.1) is 24.0 Å². The van der Waals surface area contributed by atoms with E-state index in [0.717, 1.165) is 44.4 Å². The van der Waals surface area contributed by atoms with Crippen molar-refractivity contribution in [2.24, 2.45) is 22.7 Å². The quantitative estimate of drug-likeness (QED) is 0.284. The van der Waals surface area contributed by atoms with E-state index in [-0.39, 0.29) is 35.9 Å². The predicted octanol–water partition coefficient (Wildman–Crippen LogP) is 2.43. The largest absolute Gasteiger partial charge is 0.469 e. The molecule has 152 valence electrons. The molecule has 0 spiro atoms. The maximum Gasteiger partial charge on any atom is 0.308 e. The number of hydrogen-bond donors (Lipinski definition) is 1. The van der Waals surface area contributed by atoms with Gasteiger partial charge in [-0.1, -0.05) is 13.8 Å². The number of methoxy groups -OCH3 is 1. The first-order valence-electron chi connectivity index (χ1n) is 9.79. The average Bonchev–Trinajstić information content (AvgIpc) is 2.62. The molecule has 2 aliphatic rings. The number of nitrogens with one attached hydrogen (secondary N) is 1. The van der Waals surface area contributed by atoms with Gasteiger partial charge in [0.25, 0.3) is 0 Å². The lowest BCUT2D eigenvalue weighted by molar-refractivity contribution is -0.146. The van der Waals surface area contributed by atoms with Crippen LogP contribution in [-0.2, 0) is 9.53 Å². The van der Waals surface area contributed by atoms with Gasteiger partial charge in [-0.25, -0.2) is 0 Å². The van der Waals surface area contributed by atoms with Crippen molar-refractivity contribution in [3.63, 3.8) is 0 Å². The van der Waals surface area contributed by atoms with Crippen LogP contribution in [0, 0.1) is 17.8 Å². The Hall–Kier alpha value is -0.570. The van der Waals surface area contributed by atoms with Gasteiger partial charge in [-0.2, -0.15) is 0 Å². The third-order valence-corrected chi connectivity index (χ3v) is 5.32. The van der Waals surface area contributed by atoms with Crippen LogP contribution in [0.3, 0.4) is 0 Å². The molecule has 1 N–H and O–H groups in total. The summed E-state index contributed by atoms with van der Waals surface area (Å²) in [7, 11) is 3.32. The number of likely N-dealkylation sites (tertiary alicyclic amines) is 2. The Morgan fingerprint density at radius 2 is 1.92 bits per heavy atom. The third-order valence-electron chi connectivity index (χ3n) is 5.32. The molecule has 0 aromatic carbocycles. The summed E-state index contributed by atoms with van der Waals surface area (Å²) in [5.74, 6) is 2.37. The summed E-state index contributed by atoms with van der Waals surface area (Å²) >= 11 is 0. The molecule has 6 nitrogen and oxygen atoms in total. The lowest BCUT2D eigenvalue weighted by Gasteiger charge is -2.36. The van der Waals surface area contributed by atoms with Crippen LogP contribution in [0.2, 0.25) is 0 Å². The standard InChI is InChI=1S/C19H36N4O2.HI/c1-15(2)13-22-9-5-6-16(14-22)12-21-19(20-3)23-10-7-17(8-11-23)18(24)25-4;/h15-17H,5-14H2,1-4H3,(H,20,21);1H. The molecule has 2 aliphatic heterocycles. The second-order valence-electron chi connectivity index (χ2n) is 7.87. The topological polar surface area (TPSA) is 57.2 Å². The van der Waals surface area contributed by atoms with E-state index >= 15 is 0 Å². The molecule has 0 saturated carbocycles. The van der Waals surface area contributed by atoms with Crippen molar-refractivity contribution < 1.29 is 9.53 Å². The molecule has 0 bridgehead atoms. The van der Waals surface area contributed by atoms with E-state index in [0.29, 0.717) is 5.92 Å². The zero-order valence-corrected chi connectivity index (χ0v) is 19.2. The van der Waals surface area contributed by atoms with Gasteiger partial charge < -0.3 is 19.9 Å². The highest BCUT2D eigenvalue weighted by molar-refractivity contribution is 14.0. The van der Waals surface area contributed by atoms with Crippen molar-refractivity contribution >= 4 is 35.9 Å². The first-order valence-corrected chi connectivity index (χ1v) is 9.79. The lowest BCUT2D eigenvalue weighted by atomic mass is 9.96. The van der Waals surface area contributed by atoms with E-state index in [1.807, 2.05) is 7.05 Å². The fraction of sp³-hybridized carbons (Fsp3) is 0.895. The number of nitrogens with zero attached hydrogens (tertiary/aromatic N) is 3. The molecule has 0 aliphatic carbocycles. The van der Waals surface area contributed by atoms with Gasteiger partial charge in [0.2, 0.25) is 0 Å². The minimum absolute atomic E-state index is 0. The zero-order valence-electron chi connectivity index (χ0n) is 16.9. The van der Waals surface area contributed by atoms with Crippen LogP contribution in [0.25, 0.3) is 0 Å². The number of esters is 1. The van der Waals surface area contributed by atoms with Gasteiger partial charge in [0.05, 0.1) is 13.0 Å². The Balaban J connectivity index is 0.00000338. The van der Waals surface area contributed by atoms with Crippen molar-refractivity contribution in [3.8, 4) is 0 Å². The van der Waals surface area contributed by atoms with Crippen molar-refractivity contribution in [2.45, 2.75) is 39.5 Å². The Labute approximate surface area is 176 Å². The van der Waals surface area contributed by atoms with E-state index in [4.69, 9.17) is 4.74 Å². The smallest absolute Gasteiger partial charge is 0.308 e. The fourth-order valence-electron chi connectivity index (χ4n) is 4.06. The van der Waals surface area contributed by atoms with Crippen LogP contribution < -0.4 is 5.32 Å². The van der Waals surface area contributed by atoms with Crippen LogP contribution in [0.4, 0.5) is 0 Å². The summed E-state index contributed by atoms with van der Waals surface area (Å²) in [5.41, 5.74) is 0. The molecular formula is C19H37IN4O2. The maximum atomic E-state index is 11.7. The molecule has 2 heterocycles. The number of hydrogen-bond acceptors (Lipinski definition) is 4. The number of piperidine rings is 2. The molecule has 0 radical (unpaired) electrons. The molecule has 0 aromatic rings. The van der Waals surface area contributed by atoms with Gasteiger partial charge in [-0.3, -0.25) is 9.79 Å². The van der Waals surface area contributed by atoms with Gasteiger partial charge in [0.1, 0.15) is 0 Å².